The van der Waals surface area contributed by atoms with Crippen LogP contribution in [-0.4, -0.2) is 4.98 Å². The first-order valence-electron chi connectivity index (χ1n) is 6.11. The Morgan fingerprint density at radius 3 is 2.50 bits per heavy atom. The smallest absolute Gasteiger partial charge is 0.237 e. The molecule has 0 amide bonds. The van der Waals surface area contributed by atoms with Gasteiger partial charge in [-0.25, -0.2) is 0 Å². The highest BCUT2D eigenvalue weighted by molar-refractivity contribution is 8.21. The fourth-order valence-electron chi connectivity index (χ4n) is 2.05. The van der Waals surface area contributed by atoms with Gasteiger partial charge in [0.05, 0.1) is 4.90 Å². The summed E-state index contributed by atoms with van der Waals surface area (Å²) in [5.41, 5.74) is 8.46. The number of rotatable bonds is 3. The van der Waals surface area contributed by atoms with Crippen LogP contribution in [0.25, 0.3) is 11.1 Å². The van der Waals surface area contributed by atoms with Crippen LogP contribution in [0.1, 0.15) is 18.2 Å². The molecule has 108 valence electrons. The van der Waals surface area contributed by atoms with E-state index in [1.54, 1.807) is 12.3 Å². The van der Waals surface area contributed by atoms with Gasteiger partial charge in [0.2, 0.25) is 11.2 Å². The lowest BCUT2D eigenvalue weighted by Gasteiger charge is -2.17. The zero-order valence-electron chi connectivity index (χ0n) is 11.2. The first kappa shape index (κ1) is 14.7. The van der Waals surface area contributed by atoms with Gasteiger partial charge in [-0.3, -0.25) is 4.98 Å². The number of halogens is 3. The number of benzene rings is 1. The number of nitrogens with zero attached hydrogens (tertiary/aromatic N) is 1. The highest BCUT2D eigenvalue weighted by Crippen LogP contribution is 2.62. The summed E-state index contributed by atoms with van der Waals surface area (Å²) < 4.78 is 38.7. The molecule has 0 saturated carbocycles. The lowest BCUT2D eigenvalue weighted by molar-refractivity contribution is 0.632. The number of hydrogen-bond donors (Lipinski definition) is 1. The Kier molecular flexibility index (Phi) is 3.94. The van der Waals surface area contributed by atoms with Crippen LogP contribution in [0.15, 0.2) is 35.4 Å². The van der Waals surface area contributed by atoms with Crippen molar-refractivity contribution in [1.29, 1.82) is 0 Å². The van der Waals surface area contributed by atoms with Crippen molar-refractivity contribution in [2.45, 2.75) is 25.2 Å². The molecule has 0 aliphatic rings. The molecule has 20 heavy (non-hydrogen) atoms. The Bertz CT molecular complexity index is 639. The van der Waals surface area contributed by atoms with E-state index in [4.69, 9.17) is 5.73 Å². The molecule has 0 spiro atoms. The van der Waals surface area contributed by atoms with Crippen LogP contribution in [0.4, 0.5) is 17.3 Å². The quantitative estimate of drug-likeness (QED) is 0.808. The predicted molar refractivity (Wildman–Crippen MR) is 77.4 cm³/mol. The molecular weight excluding hydrogens is 285 g/mol. The molecule has 0 bridgehead atoms. The molecule has 6 heteroatoms. The summed E-state index contributed by atoms with van der Waals surface area (Å²) in [6.07, 6.45) is 2.41. The van der Waals surface area contributed by atoms with E-state index in [-0.39, 0.29) is 11.3 Å². The van der Waals surface area contributed by atoms with Gasteiger partial charge in [-0.2, -0.15) is 0 Å². The van der Waals surface area contributed by atoms with Crippen LogP contribution in [0.5, 0.6) is 0 Å². The first-order chi connectivity index (χ1) is 9.34. The van der Waals surface area contributed by atoms with E-state index in [0.29, 0.717) is 5.56 Å². The summed E-state index contributed by atoms with van der Waals surface area (Å²) in [6, 6.07) is 6.16. The van der Waals surface area contributed by atoms with E-state index in [9.17, 15) is 11.7 Å². The van der Waals surface area contributed by atoms with E-state index in [1.807, 2.05) is 13.0 Å². The van der Waals surface area contributed by atoms with E-state index in [1.165, 1.54) is 13.0 Å². The van der Waals surface area contributed by atoms with E-state index < -0.39 is 16.1 Å². The third-order valence-corrected chi connectivity index (χ3v) is 4.15. The van der Waals surface area contributed by atoms with Crippen molar-refractivity contribution in [3.05, 3.63) is 41.7 Å². The maximum Gasteiger partial charge on any atom is 0.237 e. The number of nitrogens with two attached hydrogens (primary N) is 1. The van der Waals surface area contributed by atoms with Gasteiger partial charge in [0.15, 0.2) is 0 Å². The number of pyridine rings is 1. The highest BCUT2D eigenvalue weighted by atomic mass is 32.3. The minimum absolute atomic E-state index is 0.0971. The lowest BCUT2D eigenvalue weighted by atomic mass is 10.0. The predicted octanol–water partition coefficient (Wildman–Crippen LogP) is 5.02. The molecule has 0 radical (unpaired) electrons. The molecule has 2 rings (SSSR count). The van der Waals surface area contributed by atoms with Crippen LogP contribution in [0, 0.1) is 6.92 Å². The molecule has 0 aliphatic heterocycles. The molecular formula is C14H15F3N2S. The molecule has 0 aliphatic carbocycles. The van der Waals surface area contributed by atoms with Gasteiger partial charge in [-0.1, -0.05) is 13.0 Å². The molecule has 1 aromatic carbocycles. The summed E-state index contributed by atoms with van der Waals surface area (Å²) in [4.78, 5) is 3.57. The third-order valence-electron chi connectivity index (χ3n) is 3.20. The number of anilines is 1. The van der Waals surface area contributed by atoms with Crippen LogP contribution in [0.2, 0.25) is 0 Å². The average Bonchev–Trinajstić information content (AvgIpc) is 2.40. The van der Waals surface area contributed by atoms with E-state index in [0.717, 1.165) is 23.7 Å². The van der Waals surface area contributed by atoms with Crippen molar-refractivity contribution in [1.82, 2.24) is 4.98 Å². The molecule has 0 unspecified atom stereocenters. The topological polar surface area (TPSA) is 38.9 Å². The number of aromatic nitrogens is 1. The normalized spacial score (nSPS) is 12.4. The second-order valence-corrected chi connectivity index (χ2v) is 5.70. The summed E-state index contributed by atoms with van der Waals surface area (Å²) in [6.45, 7) is 3.38. The van der Waals surface area contributed by atoms with Crippen molar-refractivity contribution in [2.24, 2.45) is 0 Å². The molecule has 0 fully saturated rings. The summed E-state index contributed by atoms with van der Waals surface area (Å²) >= 11 is -5.26. The van der Waals surface area contributed by atoms with Crippen molar-refractivity contribution >= 4 is 16.9 Å². The van der Waals surface area contributed by atoms with Crippen molar-refractivity contribution in [2.75, 3.05) is 5.73 Å². The molecule has 0 atom stereocenters. The molecule has 2 N–H and O–H groups in total. The third kappa shape index (κ3) is 2.75. The largest absolute Gasteiger partial charge is 0.398 e. The molecule has 2 nitrogen and oxygen atoms in total. The monoisotopic (exact) mass is 300 g/mol. The number of nitrogen functional groups attached to an aromatic ring is 1. The van der Waals surface area contributed by atoms with Gasteiger partial charge in [0, 0.05) is 23.1 Å². The maximum atomic E-state index is 12.9. The minimum atomic E-state index is -5.26. The van der Waals surface area contributed by atoms with E-state index >= 15 is 0 Å². The van der Waals surface area contributed by atoms with E-state index in [2.05, 4.69) is 4.98 Å². The molecule has 1 heterocycles. The molecule has 0 saturated heterocycles. The molecule has 1 aromatic heterocycles. The van der Waals surface area contributed by atoms with Crippen molar-refractivity contribution in [3.63, 3.8) is 0 Å². The Morgan fingerprint density at radius 1 is 1.20 bits per heavy atom. The van der Waals surface area contributed by atoms with Gasteiger partial charge in [0.25, 0.3) is 0 Å². The SMILES string of the molecule is CCc1cc(-c2ccc(S(F)(F)F)c(C)c2N)ccn1. The van der Waals surface area contributed by atoms with Crippen LogP contribution >= 0.6 is 11.2 Å². The maximum absolute atomic E-state index is 12.9. The minimum Gasteiger partial charge on any atom is -0.398 e. The van der Waals surface area contributed by atoms with Gasteiger partial charge in [-0.05, 0) is 42.7 Å². The van der Waals surface area contributed by atoms with Crippen LogP contribution in [0.3, 0.4) is 0 Å². The Hall–Kier alpha value is -1.69. The Labute approximate surface area is 118 Å². The number of aryl methyl sites for hydroxylation is 1. The molecule has 2 aromatic rings. The van der Waals surface area contributed by atoms with Crippen LogP contribution in [-0.2, 0) is 6.42 Å². The standard InChI is InChI=1S/C14H15F3N2S/c1-3-11-8-10(6-7-19-11)12-4-5-13(20(15,16)17)9(2)14(12)18/h4-8H,3,18H2,1-2H3. The second-order valence-electron chi connectivity index (χ2n) is 4.45. The van der Waals surface area contributed by atoms with Gasteiger partial charge < -0.3 is 5.73 Å². The first-order valence-corrected chi connectivity index (χ1v) is 7.44. The fourth-order valence-corrected chi connectivity index (χ4v) is 2.73. The zero-order valence-corrected chi connectivity index (χ0v) is 12.0. The van der Waals surface area contributed by atoms with Gasteiger partial charge >= 0.3 is 0 Å². The van der Waals surface area contributed by atoms with Crippen molar-refractivity contribution < 1.29 is 11.7 Å². The average molecular weight is 300 g/mol. The lowest BCUT2D eigenvalue weighted by Crippen LogP contribution is -1.98. The zero-order chi connectivity index (χ0) is 14.9. The summed E-state index contributed by atoms with van der Waals surface area (Å²) in [5, 5.41) is 0. The Morgan fingerprint density at radius 2 is 1.90 bits per heavy atom. The van der Waals surface area contributed by atoms with Gasteiger partial charge in [-0.15, -0.1) is 11.7 Å². The van der Waals surface area contributed by atoms with Gasteiger partial charge in [0.1, 0.15) is 0 Å². The van der Waals surface area contributed by atoms with Crippen LogP contribution < -0.4 is 5.73 Å². The summed E-state index contributed by atoms with van der Waals surface area (Å²) in [5.74, 6) is 0. The van der Waals surface area contributed by atoms with Crippen molar-refractivity contribution in [3.8, 4) is 11.1 Å². The fraction of sp³-hybridized carbons (Fsp3) is 0.214. The summed E-state index contributed by atoms with van der Waals surface area (Å²) in [7, 11) is 0. The Balaban J connectivity index is 2.56. The second kappa shape index (κ2) is 5.36. The number of hydrogen-bond acceptors (Lipinski definition) is 2. The highest BCUT2D eigenvalue weighted by Gasteiger charge is 2.28.